The van der Waals surface area contributed by atoms with Crippen LogP contribution in [-0.2, 0) is 4.79 Å². The number of amides is 1. The minimum atomic E-state index is 0.0150. The van der Waals surface area contributed by atoms with Crippen LogP contribution in [0.3, 0.4) is 0 Å². The summed E-state index contributed by atoms with van der Waals surface area (Å²) in [4.78, 5) is 14.6. The van der Waals surface area contributed by atoms with Crippen LogP contribution in [0, 0.1) is 0 Å². The van der Waals surface area contributed by atoms with Crippen LogP contribution in [0.5, 0.6) is 11.5 Å². The number of ether oxygens (including phenoxy) is 1. The SMILES string of the molecule is O=C(CN1CCC(Nc2ccccc2)CC1)Nc1ccc(Oc2ccccc2)cc1. The van der Waals surface area contributed by atoms with E-state index in [1.807, 2.05) is 72.8 Å². The molecule has 3 aromatic rings. The van der Waals surface area contributed by atoms with E-state index in [1.165, 1.54) is 0 Å². The van der Waals surface area contributed by atoms with E-state index in [9.17, 15) is 4.79 Å². The maximum Gasteiger partial charge on any atom is 0.238 e. The highest BCUT2D eigenvalue weighted by Gasteiger charge is 2.20. The first-order chi connectivity index (χ1) is 14.7. The zero-order valence-corrected chi connectivity index (χ0v) is 17.0. The van der Waals surface area contributed by atoms with Crippen LogP contribution < -0.4 is 15.4 Å². The molecular formula is C25H27N3O2. The smallest absolute Gasteiger partial charge is 0.238 e. The molecule has 1 fully saturated rings. The zero-order valence-electron chi connectivity index (χ0n) is 17.0. The molecule has 0 aliphatic carbocycles. The normalized spacial score (nSPS) is 14.8. The summed E-state index contributed by atoms with van der Waals surface area (Å²) in [6.45, 7) is 2.25. The molecule has 154 valence electrons. The maximum atomic E-state index is 12.4. The highest BCUT2D eigenvalue weighted by Crippen LogP contribution is 2.23. The Morgan fingerprint density at radius 1 is 0.800 bits per heavy atom. The lowest BCUT2D eigenvalue weighted by atomic mass is 10.0. The van der Waals surface area contributed by atoms with Crippen LogP contribution >= 0.6 is 0 Å². The summed E-state index contributed by atoms with van der Waals surface area (Å²) in [5.74, 6) is 1.55. The minimum absolute atomic E-state index is 0.0150. The van der Waals surface area contributed by atoms with E-state index in [4.69, 9.17) is 4.74 Å². The molecule has 0 spiro atoms. The van der Waals surface area contributed by atoms with Crippen molar-refractivity contribution in [1.29, 1.82) is 0 Å². The second-order valence-corrected chi connectivity index (χ2v) is 7.55. The number of anilines is 2. The van der Waals surface area contributed by atoms with E-state index >= 15 is 0 Å². The molecule has 0 radical (unpaired) electrons. The van der Waals surface area contributed by atoms with Gasteiger partial charge in [0, 0.05) is 30.5 Å². The van der Waals surface area contributed by atoms with Crippen molar-refractivity contribution in [2.45, 2.75) is 18.9 Å². The fourth-order valence-electron chi connectivity index (χ4n) is 3.64. The van der Waals surface area contributed by atoms with Crippen LogP contribution in [0.25, 0.3) is 0 Å². The minimum Gasteiger partial charge on any atom is -0.457 e. The van der Waals surface area contributed by atoms with Crippen molar-refractivity contribution in [1.82, 2.24) is 4.90 Å². The van der Waals surface area contributed by atoms with Crippen LogP contribution in [0.4, 0.5) is 11.4 Å². The van der Waals surface area contributed by atoms with Gasteiger partial charge >= 0.3 is 0 Å². The molecule has 1 aliphatic heterocycles. The molecule has 0 atom stereocenters. The Bertz CT molecular complexity index is 922. The molecule has 1 aliphatic rings. The molecule has 2 N–H and O–H groups in total. The molecule has 0 bridgehead atoms. The first-order valence-electron chi connectivity index (χ1n) is 10.4. The number of para-hydroxylation sites is 2. The first-order valence-corrected chi connectivity index (χ1v) is 10.4. The highest BCUT2D eigenvalue weighted by atomic mass is 16.5. The molecule has 0 unspecified atom stereocenters. The van der Waals surface area contributed by atoms with Crippen molar-refractivity contribution in [2.75, 3.05) is 30.3 Å². The van der Waals surface area contributed by atoms with Crippen molar-refractivity contribution in [3.8, 4) is 11.5 Å². The van der Waals surface area contributed by atoms with Crippen LogP contribution in [0.15, 0.2) is 84.9 Å². The molecule has 0 aromatic heterocycles. The Kier molecular flexibility index (Phi) is 6.62. The fourth-order valence-corrected chi connectivity index (χ4v) is 3.64. The zero-order chi connectivity index (χ0) is 20.6. The number of carbonyl (C=O) groups excluding carboxylic acids is 1. The number of nitrogens with one attached hydrogen (secondary N) is 2. The van der Waals surface area contributed by atoms with Crippen LogP contribution in [0.2, 0.25) is 0 Å². The lowest BCUT2D eigenvalue weighted by Gasteiger charge is -2.32. The summed E-state index contributed by atoms with van der Waals surface area (Å²) in [6, 6.07) is 27.9. The summed E-state index contributed by atoms with van der Waals surface area (Å²) in [5, 5.41) is 6.56. The van der Waals surface area contributed by atoms with Gasteiger partial charge in [-0.3, -0.25) is 9.69 Å². The standard InChI is InChI=1S/C25H27N3O2/c29-25(19-28-17-15-22(16-18-28)26-20-7-3-1-4-8-20)27-21-11-13-24(14-12-21)30-23-9-5-2-6-10-23/h1-14,22,26H,15-19H2,(H,27,29). The molecule has 5 heteroatoms. The van der Waals surface area contributed by atoms with E-state index in [-0.39, 0.29) is 5.91 Å². The third kappa shape index (κ3) is 5.84. The van der Waals surface area contributed by atoms with E-state index in [0.29, 0.717) is 12.6 Å². The Morgan fingerprint density at radius 3 is 2.07 bits per heavy atom. The number of carbonyl (C=O) groups is 1. The van der Waals surface area contributed by atoms with Gasteiger partial charge in [0.25, 0.3) is 0 Å². The third-order valence-corrected chi connectivity index (χ3v) is 5.22. The second kappa shape index (κ2) is 9.94. The molecule has 30 heavy (non-hydrogen) atoms. The summed E-state index contributed by atoms with van der Waals surface area (Å²) < 4.78 is 5.79. The predicted octanol–water partition coefficient (Wildman–Crippen LogP) is 4.99. The van der Waals surface area contributed by atoms with Crippen molar-refractivity contribution < 1.29 is 9.53 Å². The molecule has 4 rings (SSSR count). The number of hydrogen-bond donors (Lipinski definition) is 2. The van der Waals surface area contributed by atoms with Crippen molar-refractivity contribution in [3.63, 3.8) is 0 Å². The Balaban J connectivity index is 1.20. The number of rotatable bonds is 7. The monoisotopic (exact) mass is 401 g/mol. The molecule has 0 saturated carbocycles. The molecule has 5 nitrogen and oxygen atoms in total. The average Bonchev–Trinajstić information content (AvgIpc) is 2.78. The van der Waals surface area contributed by atoms with E-state index in [0.717, 1.165) is 48.8 Å². The van der Waals surface area contributed by atoms with Gasteiger partial charge in [-0.2, -0.15) is 0 Å². The summed E-state index contributed by atoms with van der Waals surface area (Å²) in [5.41, 5.74) is 1.94. The lowest BCUT2D eigenvalue weighted by molar-refractivity contribution is -0.117. The van der Waals surface area contributed by atoms with Gasteiger partial charge in [-0.15, -0.1) is 0 Å². The largest absolute Gasteiger partial charge is 0.457 e. The number of piperidine rings is 1. The fraction of sp³-hybridized carbons (Fsp3) is 0.240. The van der Waals surface area contributed by atoms with Gasteiger partial charge in [-0.1, -0.05) is 36.4 Å². The number of hydrogen-bond acceptors (Lipinski definition) is 4. The summed E-state index contributed by atoms with van der Waals surface area (Å²) >= 11 is 0. The second-order valence-electron chi connectivity index (χ2n) is 7.55. The summed E-state index contributed by atoms with van der Waals surface area (Å²) in [6.07, 6.45) is 2.07. The van der Waals surface area contributed by atoms with E-state index in [2.05, 4.69) is 27.7 Å². The van der Waals surface area contributed by atoms with Crippen molar-refractivity contribution in [2.24, 2.45) is 0 Å². The molecule has 3 aromatic carbocycles. The predicted molar refractivity (Wildman–Crippen MR) is 121 cm³/mol. The number of nitrogens with zero attached hydrogens (tertiary/aromatic N) is 1. The average molecular weight is 402 g/mol. The maximum absolute atomic E-state index is 12.4. The number of likely N-dealkylation sites (tertiary alicyclic amines) is 1. The van der Waals surface area contributed by atoms with E-state index < -0.39 is 0 Å². The van der Waals surface area contributed by atoms with Gasteiger partial charge in [0.2, 0.25) is 5.91 Å². The molecular weight excluding hydrogens is 374 g/mol. The molecule has 1 saturated heterocycles. The van der Waals surface area contributed by atoms with Gasteiger partial charge < -0.3 is 15.4 Å². The Labute approximate surface area is 177 Å². The van der Waals surface area contributed by atoms with Gasteiger partial charge in [-0.05, 0) is 61.4 Å². The lowest BCUT2D eigenvalue weighted by Crippen LogP contribution is -2.42. The highest BCUT2D eigenvalue weighted by molar-refractivity contribution is 5.92. The third-order valence-electron chi connectivity index (χ3n) is 5.22. The van der Waals surface area contributed by atoms with Crippen molar-refractivity contribution in [3.05, 3.63) is 84.9 Å². The molecule has 1 heterocycles. The van der Waals surface area contributed by atoms with E-state index in [1.54, 1.807) is 0 Å². The first kappa shape index (κ1) is 20.0. The van der Waals surface area contributed by atoms with Crippen LogP contribution in [-0.4, -0.2) is 36.5 Å². The van der Waals surface area contributed by atoms with Crippen molar-refractivity contribution >= 4 is 17.3 Å². The topological polar surface area (TPSA) is 53.6 Å². The number of benzene rings is 3. The Morgan fingerprint density at radius 2 is 1.40 bits per heavy atom. The van der Waals surface area contributed by atoms with Gasteiger partial charge in [0.1, 0.15) is 11.5 Å². The van der Waals surface area contributed by atoms with Gasteiger partial charge in [-0.25, -0.2) is 0 Å². The van der Waals surface area contributed by atoms with Gasteiger partial charge in [0.15, 0.2) is 0 Å². The molecule has 1 amide bonds. The Hall–Kier alpha value is -3.31. The van der Waals surface area contributed by atoms with Crippen LogP contribution in [0.1, 0.15) is 12.8 Å². The summed E-state index contributed by atoms with van der Waals surface area (Å²) in [7, 11) is 0. The van der Waals surface area contributed by atoms with Gasteiger partial charge in [0.05, 0.1) is 6.54 Å². The quantitative estimate of drug-likeness (QED) is 0.585.